The Morgan fingerprint density at radius 2 is 1.54 bits per heavy atom. The van der Waals surface area contributed by atoms with E-state index in [9.17, 15) is 34.8 Å². The van der Waals surface area contributed by atoms with Gasteiger partial charge < -0.3 is 54.2 Å². The van der Waals surface area contributed by atoms with Crippen LogP contribution in [-0.2, 0) is 33.3 Å². The predicted molar refractivity (Wildman–Crippen MR) is 255 cm³/mol. The Kier molecular flexibility index (Phi) is 18.0. The monoisotopic (exact) mass is 941 g/mol. The number of methoxy groups -OCH3 is 1. The van der Waals surface area contributed by atoms with Gasteiger partial charge in [0.25, 0.3) is 5.78 Å². The molecule has 0 spiro atoms. The lowest BCUT2D eigenvalue weighted by atomic mass is 9.77. The van der Waals surface area contributed by atoms with Gasteiger partial charge in [-0.3, -0.25) is 24.3 Å². The number of piperazine rings is 1. The van der Waals surface area contributed by atoms with Gasteiger partial charge in [-0.1, -0.05) is 41.0 Å². The molecule has 5 bridgehead atoms. The fourth-order valence-electron chi connectivity index (χ4n) is 9.89. The van der Waals surface area contributed by atoms with Gasteiger partial charge in [0.05, 0.1) is 71.8 Å². The Morgan fingerprint density at radius 3 is 2.13 bits per heavy atom. The number of rotatable bonds is 10. The van der Waals surface area contributed by atoms with Crippen LogP contribution in [0.1, 0.15) is 117 Å². The zero-order chi connectivity index (χ0) is 49.7. The highest BCUT2D eigenvalue weighted by molar-refractivity contribution is 6.23. The Bertz CT molecular complexity index is 2140. The van der Waals surface area contributed by atoms with Crippen molar-refractivity contribution >= 4 is 40.3 Å². The second-order valence-electron chi connectivity index (χ2n) is 19.4. The number of amides is 1. The Balaban J connectivity index is 1.67. The number of benzene rings is 2. The van der Waals surface area contributed by atoms with Crippen LogP contribution in [0.2, 0.25) is 0 Å². The highest BCUT2D eigenvalue weighted by atomic mass is 16.7. The van der Waals surface area contributed by atoms with Crippen LogP contribution in [0.25, 0.3) is 10.8 Å². The second-order valence-corrected chi connectivity index (χ2v) is 19.4. The van der Waals surface area contributed by atoms with Crippen LogP contribution >= 0.6 is 0 Å². The maximum atomic E-state index is 14.7. The van der Waals surface area contributed by atoms with Crippen LogP contribution in [0, 0.1) is 36.5 Å². The summed E-state index contributed by atoms with van der Waals surface area (Å²) < 4.78 is 37.8. The summed E-state index contributed by atoms with van der Waals surface area (Å²) in [6.45, 7) is 24.9. The number of aromatic hydroxyl groups is 3. The van der Waals surface area contributed by atoms with Crippen molar-refractivity contribution < 1.29 is 63.2 Å². The van der Waals surface area contributed by atoms with E-state index in [-0.39, 0.29) is 81.6 Å². The van der Waals surface area contributed by atoms with E-state index in [2.05, 4.69) is 29.2 Å². The van der Waals surface area contributed by atoms with E-state index in [4.69, 9.17) is 28.4 Å². The maximum absolute atomic E-state index is 14.7. The molecular formula is C50H76N4O13. The van der Waals surface area contributed by atoms with E-state index < -0.39 is 70.8 Å². The van der Waals surface area contributed by atoms with Crippen molar-refractivity contribution in [1.29, 1.82) is 0 Å². The number of carbonyl (C=O) groups excluding carboxylic acids is 3. The molecular weight excluding hydrogens is 865 g/mol. The van der Waals surface area contributed by atoms with Crippen LogP contribution < -0.4 is 10.1 Å². The first-order valence-electron chi connectivity index (χ1n) is 23.9. The lowest BCUT2D eigenvalue weighted by Gasteiger charge is -2.42. The quantitative estimate of drug-likeness (QED) is 0.0711. The van der Waals surface area contributed by atoms with Crippen molar-refractivity contribution in [3.63, 3.8) is 0 Å². The van der Waals surface area contributed by atoms with Gasteiger partial charge in [0, 0.05) is 88.3 Å². The van der Waals surface area contributed by atoms with Crippen LogP contribution in [0.15, 0.2) is 17.4 Å². The van der Waals surface area contributed by atoms with Crippen molar-refractivity contribution in [2.75, 3.05) is 51.8 Å². The van der Waals surface area contributed by atoms with Gasteiger partial charge in [0.15, 0.2) is 5.75 Å². The Labute approximate surface area is 395 Å². The standard InChI is InChI=1S/C50H76N4O13/c1-26(2)64-44-28(5)15-14-16-29(6)49(61)52-40-35(25-51-54-20-18-53(19-21-54)22-23-55)42(58)37-38(43(40)59)41(57)31(8)47-39(37)48(60)50(12,67-47)63-24-17-36(62-13)30(7)45(66-34(11)56)33(10)46(32(44)9)65-27(3)4/h17,24-30,32-33,36,44-46,55,57-59H,14-16,18-23H2,1-13H3,(H,52,61)/b24-17+,51-25+/t28-,29?,30-,32-,33-,36+,44-,45-,46+,50+/m1/s1. The Morgan fingerprint density at radius 1 is 0.910 bits per heavy atom. The molecule has 0 aliphatic carbocycles. The average molecular weight is 941 g/mol. The summed E-state index contributed by atoms with van der Waals surface area (Å²) in [7, 11) is 1.52. The molecule has 4 aliphatic rings. The van der Waals surface area contributed by atoms with Crippen LogP contribution in [0.3, 0.4) is 0 Å². The minimum absolute atomic E-state index is 0.00823. The zero-order valence-electron chi connectivity index (χ0n) is 41.8. The molecule has 17 nitrogen and oxygen atoms in total. The number of phenolic OH excluding ortho intramolecular Hbond substituents is 3. The summed E-state index contributed by atoms with van der Waals surface area (Å²) in [5.41, 5.74) is -0.343. The number of aliphatic hydroxyl groups excluding tert-OH is 1. The number of Topliss-reactive ketones (excluding diaryl/α,β-unsaturated/α-hetero) is 1. The van der Waals surface area contributed by atoms with Gasteiger partial charge in [0.1, 0.15) is 23.4 Å². The van der Waals surface area contributed by atoms with Crippen LogP contribution in [0.4, 0.5) is 5.69 Å². The molecule has 4 heterocycles. The van der Waals surface area contributed by atoms with E-state index in [1.165, 1.54) is 40.4 Å². The third-order valence-corrected chi connectivity index (χ3v) is 13.6. The highest BCUT2D eigenvalue weighted by Gasteiger charge is 2.50. The number of nitrogens with one attached hydrogen (secondary N) is 1. The molecule has 10 atom stereocenters. The van der Waals surface area contributed by atoms with Crippen molar-refractivity contribution in [2.45, 2.75) is 145 Å². The molecule has 1 unspecified atom stereocenters. The molecule has 0 radical (unpaired) electrons. The molecule has 67 heavy (non-hydrogen) atoms. The number of hydrogen-bond acceptors (Lipinski definition) is 16. The summed E-state index contributed by atoms with van der Waals surface area (Å²) in [5, 5.41) is 54.3. The number of hydrogen-bond donors (Lipinski definition) is 5. The predicted octanol–water partition coefficient (Wildman–Crippen LogP) is 6.87. The van der Waals surface area contributed by atoms with Gasteiger partial charge >= 0.3 is 11.8 Å². The average Bonchev–Trinajstić information content (AvgIpc) is 3.53. The summed E-state index contributed by atoms with van der Waals surface area (Å²) >= 11 is 0. The number of esters is 1. The molecule has 4 aliphatic heterocycles. The first-order valence-corrected chi connectivity index (χ1v) is 23.9. The van der Waals surface area contributed by atoms with E-state index >= 15 is 0 Å². The van der Waals surface area contributed by atoms with Crippen molar-refractivity contribution in [3.05, 3.63) is 29.0 Å². The number of aliphatic hydroxyl groups is 1. The largest absolute Gasteiger partial charge is 0.507 e. The van der Waals surface area contributed by atoms with E-state index in [1.54, 1.807) is 18.0 Å². The third kappa shape index (κ3) is 11.8. The van der Waals surface area contributed by atoms with Gasteiger partial charge in [0.2, 0.25) is 5.91 Å². The van der Waals surface area contributed by atoms with E-state index in [0.29, 0.717) is 52.0 Å². The van der Waals surface area contributed by atoms with Gasteiger partial charge in [-0.2, -0.15) is 5.10 Å². The summed E-state index contributed by atoms with van der Waals surface area (Å²) in [5.74, 6) is -6.92. The minimum atomic E-state index is -2.02. The van der Waals surface area contributed by atoms with E-state index in [0.717, 1.165) is 0 Å². The molecule has 0 aromatic heterocycles. The number of anilines is 1. The smallest absolute Gasteiger partial charge is 0.312 e. The topological polar surface area (TPSA) is 218 Å². The van der Waals surface area contributed by atoms with Gasteiger partial charge in [-0.05, 0) is 59.5 Å². The van der Waals surface area contributed by atoms with E-state index in [1.807, 2.05) is 41.5 Å². The molecule has 1 amide bonds. The molecule has 6 rings (SSSR count). The lowest BCUT2D eigenvalue weighted by Crippen LogP contribution is -2.49. The lowest BCUT2D eigenvalue weighted by molar-refractivity contribution is -0.172. The van der Waals surface area contributed by atoms with Crippen LogP contribution in [-0.4, -0.2) is 143 Å². The maximum Gasteiger partial charge on any atom is 0.312 e. The molecule has 2 aromatic rings. The van der Waals surface area contributed by atoms with Crippen LogP contribution in [0.5, 0.6) is 23.0 Å². The molecule has 2 aromatic carbocycles. The van der Waals surface area contributed by atoms with Crippen molar-refractivity contribution in [3.8, 4) is 23.0 Å². The zero-order valence-corrected chi connectivity index (χ0v) is 41.8. The molecule has 1 fully saturated rings. The normalized spacial score (nSPS) is 30.0. The number of hydrazone groups is 1. The SMILES string of the molecule is CO[C@H]1/C=C/O[C@@]2(C)Oc3c(C)c(O)c4c(O)c(c(/C=N/N5CCN(CCO)CC5)c(O)c4c3C2=O)NC(=O)C(C)CCC[C@@H](C)[C@@H](OC(C)C)[C@@H](C)[C@H](OC(C)C)[C@H](C)[C@H](OC(C)=O)[C@@H]1C. The fraction of sp³-hybridized carbons (Fsp3) is 0.680. The summed E-state index contributed by atoms with van der Waals surface area (Å²) in [4.78, 5) is 43.7. The molecule has 5 N–H and O–H groups in total. The fourth-order valence-corrected chi connectivity index (χ4v) is 9.89. The second kappa shape index (κ2) is 22.6. The number of β-amino-alcohol motifs (C(OH)–C–C–N with tert-alkyl or cyclic N) is 1. The number of fused-ring (bicyclic) bond motifs is 16. The first kappa shape index (κ1) is 53.3. The molecule has 17 heteroatoms. The highest BCUT2D eigenvalue weighted by Crippen LogP contribution is 2.55. The number of ether oxygens (including phenoxy) is 6. The van der Waals surface area contributed by atoms with Gasteiger partial charge in [-0.25, -0.2) is 0 Å². The molecule has 374 valence electrons. The number of ketones is 1. The summed E-state index contributed by atoms with van der Waals surface area (Å²) in [6, 6.07) is 0. The molecule has 1 saturated heterocycles. The summed E-state index contributed by atoms with van der Waals surface area (Å²) in [6.07, 6.45) is 3.57. The Hall–Kier alpha value is -4.68. The first-order chi connectivity index (χ1) is 31.6. The van der Waals surface area contributed by atoms with Crippen molar-refractivity contribution in [1.82, 2.24) is 9.91 Å². The minimum Gasteiger partial charge on any atom is -0.507 e. The number of phenols is 3. The third-order valence-electron chi connectivity index (χ3n) is 13.6. The number of nitrogens with zero attached hydrogens (tertiary/aromatic N) is 3. The van der Waals surface area contributed by atoms with Crippen molar-refractivity contribution in [2.24, 2.45) is 34.7 Å². The molecule has 0 saturated carbocycles. The van der Waals surface area contributed by atoms with Gasteiger partial charge in [-0.15, -0.1) is 0 Å². The number of carbonyl (C=O) groups is 3.